The maximum absolute atomic E-state index is 14.9. The number of carbonyl (C=O) groups is 3. The van der Waals surface area contributed by atoms with Gasteiger partial charge in [0.15, 0.2) is 0 Å². The number of fused-ring (bicyclic) bond motifs is 1. The van der Waals surface area contributed by atoms with Crippen molar-refractivity contribution in [2.45, 2.75) is 69.2 Å². The summed E-state index contributed by atoms with van der Waals surface area (Å²) in [5.74, 6) is -0.446. The molecule has 33 heavy (non-hydrogen) atoms. The van der Waals surface area contributed by atoms with E-state index in [9.17, 15) is 18.8 Å². The number of imide groups is 1. The molecule has 3 heterocycles. The first-order chi connectivity index (χ1) is 15.9. The Kier molecular flexibility index (Phi) is 5.69. The number of halogens is 1. The third kappa shape index (κ3) is 3.72. The molecule has 0 radical (unpaired) electrons. The molecule has 0 saturated carbocycles. The van der Waals surface area contributed by atoms with Crippen LogP contribution in [0.3, 0.4) is 0 Å². The van der Waals surface area contributed by atoms with Gasteiger partial charge in [-0.25, -0.2) is 4.39 Å². The third-order valence-corrected chi connectivity index (χ3v) is 7.92. The number of nitrogens with zero attached hydrogens (tertiary/aromatic N) is 2. The van der Waals surface area contributed by atoms with Crippen LogP contribution in [-0.4, -0.2) is 58.4 Å². The van der Waals surface area contributed by atoms with Gasteiger partial charge >= 0.3 is 0 Å². The summed E-state index contributed by atoms with van der Waals surface area (Å²) in [7, 11) is 0. The van der Waals surface area contributed by atoms with Crippen molar-refractivity contribution >= 4 is 17.7 Å². The lowest BCUT2D eigenvalue weighted by molar-refractivity contribution is -0.136. The minimum Gasteiger partial charge on any atom is -0.322 e. The second kappa shape index (κ2) is 8.52. The zero-order valence-electron chi connectivity index (χ0n) is 18.9. The lowest BCUT2D eigenvalue weighted by atomic mass is 9.81. The van der Waals surface area contributed by atoms with Crippen LogP contribution in [0.5, 0.6) is 0 Å². The molecule has 0 aromatic heterocycles. The standard InChI is InChI=1S/C26H30FN3O3/c1-2-26(12-4-3-5-22(26)27)29-13-10-17(11-14-29)18-6-7-20-19(15-18)16-30(25(20)33)21-8-9-23(31)28-24(21)32/h3-7,12,15,17,21-22H,2,8-11,13-14,16H2,1H3,(H,28,31,32). The first kappa shape index (κ1) is 22.0. The smallest absolute Gasteiger partial charge is 0.255 e. The van der Waals surface area contributed by atoms with Gasteiger partial charge < -0.3 is 4.90 Å². The van der Waals surface area contributed by atoms with E-state index in [-0.39, 0.29) is 24.1 Å². The monoisotopic (exact) mass is 451 g/mol. The zero-order chi connectivity index (χ0) is 23.2. The Bertz CT molecular complexity index is 1040. The first-order valence-electron chi connectivity index (χ1n) is 12.0. The van der Waals surface area contributed by atoms with E-state index in [0.717, 1.165) is 37.9 Å². The van der Waals surface area contributed by atoms with Gasteiger partial charge in [-0.3, -0.25) is 24.6 Å². The molecule has 3 atom stereocenters. The molecule has 1 aliphatic carbocycles. The summed E-state index contributed by atoms with van der Waals surface area (Å²) in [6, 6.07) is 5.43. The molecule has 1 aromatic carbocycles. The lowest BCUT2D eigenvalue weighted by Gasteiger charge is -2.47. The minimum absolute atomic E-state index is 0.142. The van der Waals surface area contributed by atoms with Crippen molar-refractivity contribution in [3.63, 3.8) is 0 Å². The van der Waals surface area contributed by atoms with Crippen LogP contribution in [0.25, 0.3) is 0 Å². The molecule has 4 aliphatic rings. The average molecular weight is 452 g/mol. The molecule has 5 rings (SSSR count). The van der Waals surface area contributed by atoms with Crippen molar-refractivity contribution in [1.29, 1.82) is 0 Å². The maximum atomic E-state index is 14.9. The Hall–Kier alpha value is -2.80. The molecule has 6 nitrogen and oxygen atoms in total. The summed E-state index contributed by atoms with van der Waals surface area (Å²) >= 11 is 0. The van der Waals surface area contributed by atoms with E-state index in [2.05, 4.69) is 16.3 Å². The largest absolute Gasteiger partial charge is 0.322 e. The van der Waals surface area contributed by atoms with Gasteiger partial charge in [0.25, 0.3) is 5.91 Å². The molecule has 2 saturated heterocycles. The van der Waals surface area contributed by atoms with Gasteiger partial charge in [0.05, 0.1) is 5.54 Å². The number of piperidine rings is 2. The molecule has 2 fully saturated rings. The zero-order valence-corrected chi connectivity index (χ0v) is 18.9. The highest BCUT2D eigenvalue weighted by molar-refractivity contribution is 6.05. The van der Waals surface area contributed by atoms with Crippen LogP contribution < -0.4 is 5.32 Å². The number of hydrogen-bond acceptors (Lipinski definition) is 4. The number of hydrogen-bond donors (Lipinski definition) is 1. The van der Waals surface area contributed by atoms with Crippen LogP contribution in [0.15, 0.2) is 42.5 Å². The highest BCUT2D eigenvalue weighted by atomic mass is 19.1. The maximum Gasteiger partial charge on any atom is 0.255 e. The van der Waals surface area contributed by atoms with E-state index in [1.54, 1.807) is 17.1 Å². The van der Waals surface area contributed by atoms with E-state index in [1.807, 2.05) is 31.2 Å². The van der Waals surface area contributed by atoms with Gasteiger partial charge in [-0.1, -0.05) is 37.3 Å². The number of amides is 3. The number of allylic oxidation sites excluding steroid dienone is 2. The summed E-state index contributed by atoms with van der Waals surface area (Å²) in [5, 5.41) is 2.35. The number of rotatable bonds is 4. The highest BCUT2D eigenvalue weighted by Crippen LogP contribution is 2.38. The molecule has 0 bridgehead atoms. The van der Waals surface area contributed by atoms with E-state index < -0.39 is 17.8 Å². The minimum atomic E-state index is -0.992. The van der Waals surface area contributed by atoms with Crippen LogP contribution in [-0.2, 0) is 16.1 Å². The second-order valence-electron chi connectivity index (χ2n) is 9.57. The number of alkyl halides is 1. The molecule has 3 aliphatic heterocycles. The van der Waals surface area contributed by atoms with Crippen LogP contribution in [0.4, 0.5) is 4.39 Å². The summed E-state index contributed by atoms with van der Waals surface area (Å²) < 4.78 is 14.9. The summed E-state index contributed by atoms with van der Waals surface area (Å²) in [6.07, 6.45) is 9.66. The van der Waals surface area contributed by atoms with Gasteiger partial charge in [-0.05, 0) is 68.0 Å². The fraction of sp³-hybridized carbons (Fsp3) is 0.500. The third-order valence-electron chi connectivity index (χ3n) is 7.92. The first-order valence-corrected chi connectivity index (χ1v) is 12.0. The number of carbonyl (C=O) groups excluding carboxylic acids is 3. The van der Waals surface area contributed by atoms with E-state index in [4.69, 9.17) is 0 Å². The van der Waals surface area contributed by atoms with Gasteiger partial charge in [0, 0.05) is 18.5 Å². The molecule has 1 N–H and O–H groups in total. The molecule has 174 valence electrons. The van der Waals surface area contributed by atoms with Crippen molar-refractivity contribution in [2.75, 3.05) is 13.1 Å². The summed E-state index contributed by atoms with van der Waals surface area (Å²) in [6.45, 7) is 4.10. The predicted octanol–water partition coefficient (Wildman–Crippen LogP) is 3.24. The van der Waals surface area contributed by atoms with E-state index in [1.165, 1.54) is 5.56 Å². The molecular formula is C26H30FN3O3. The van der Waals surface area contributed by atoms with Crippen LogP contribution in [0.2, 0.25) is 0 Å². The van der Waals surface area contributed by atoms with E-state index >= 15 is 0 Å². The normalized spacial score (nSPS) is 30.6. The van der Waals surface area contributed by atoms with E-state index in [0.29, 0.717) is 24.4 Å². The van der Waals surface area contributed by atoms with Crippen LogP contribution in [0.1, 0.15) is 66.4 Å². The average Bonchev–Trinajstić information content (AvgIpc) is 3.15. The second-order valence-corrected chi connectivity index (χ2v) is 9.57. The Morgan fingerprint density at radius 3 is 2.61 bits per heavy atom. The van der Waals surface area contributed by atoms with Crippen molar-refractivity contribution < 1.29 is 18.8 Å². The Labute approximate surface area is 193 Å². The Balaban J connectivity index is 1.28. The quantitative estimate of drug-likeness (QED) is 0.714. The Morgan fingerprint density at radius 1 is 1.12 bits per heavy atom. The topological polar surface area (TPSA) is 69.7 Å². The Morgan fingerprint density at radius 2 is 1.91 bits per heavy atom. The number of benzene rings is 1. The molecular weight excluding hydrogens is 421 g/mol. The molecule has 3 unspecified atom stereocenters. The van der Waals surface area contributed by atoms with Gasteiger partial charge in [0.1, 0.15) is 12.2 Å². The fourth-order valence-electron chi connectivity index (χ4n) is 5.94. The van der Waals surface area contributed by atoms with Crippen molar-refractivity contribution in [3.8, 4) is 0 Å². The molecule has 0 spiro atoms. The van der Waals surface area contributed by atoms with Crippen LogP contribution in [0, 0.1) is 0 Å². The lowest BCUT2D eigenvalue weighted by Crippen LogP contribution is -2.56. The van der Waals surface area contributed by atoms with Crippen LogP contribution >= 0.6 is 0 Å². The van der Waals surface area contributed by atoms with Gasteiger partial charge in [0.2, 0.25) is 11.8 Å². The highest BCUT2D eigenvalue weighted by Gasteiger charge is 2.43. The van der Waals surface area contributed by atoms with Gasteiger partial charge in [-0.2, -0.15) is 0 Å². The fourth-order valence-corrected chi connectivity index (χ4v) is 5.94. The molecule has 3 amide bonds. The van der Waals surface area contributed by atoms with Crippen molar-refractivity contribution in [1.82, 2.24) is 15.1 Å². The number of nitrogens with one attached hydrogen (secondary N) is 1. The van der Waals surface area contributed by atoms with Crippen molar-refractivity contribution in [2.24, 2.45) is 0 Å². The molecule has 1 aromatic rings. The molecule has 7 heteroatoms. The predicted molar refractivity (Wildman–Crippen MR) is 122 cm³/mol. The van der Waals surface area contributed by atoms with Gasteiger partial charge in [-0.15, -0.1) is 0 Å². The SMILES string of the molecule is CCC1(N2CCC(c3ccc4c(c3)CN(C3CCC(=O)NC3=O)C4=O)CC2)C=CC=CC1F. The van der Waals surface area contributed by atoms with Crippen molar-refractivity contribution in [3.05, 3.63) is 59.2 Å². The number of likely N-dealkylation sites (tertiary alicyclic amines) is 1. The summed E-state index contributed by atoms with van der Waals surface area (Å²) in [4.78, 5) is 40.6. The summed E-state index contributed by atoms with van der Waals surface area (Å²) in [5.41, 5.74) is 2.24.